The maximum Gasteiger partial charge on any atom is 0.315 e. The molecule has 0 aliphatic rings. The van der Waals surface area contributed by atoms with E-state index in [9.17, 15) is 4.79 Å². The van der Waals surface area contributed by atoms with Crippen molar-refractivity contribution in [1.29, 1.82) is 0 Å². The van der Waals surface area contributed by atoms with Crippen molar-refractivity contribution >= 4 is 17.4 Å². The van der Waals surface area contributed by atoms with Gasteiger partial charge in [-0.05, 0) is 41.1 Å². The first-order valence-corrected chi connectivity index (χ1v) is 8.74. The van der Waals surface area contributed by atoms with Crippen LogP contribution in [-0.4, -0.2) is 17.6 Å². The van der Waals surface area contributed by atoms with Crippen LogP contribution in [0.1, 0.15) is 11.1 Å². The smallest absolute Gasteiger partial charge is 0.315 e. The first kappa shape index (κ1) is 16.2. The molecule has 0 atom stereocenters. The van der Waals surface area contributed by atoms with Gasteiger partial charge in [0, 0.05) is 19.3 Å². The number of urea groups is 1. The molecule has 0 saturated carbocycles. The molecule has 0 aliphatic carbocycles. The first-order chi connectivity index (χ1) is 11.8. The highest BCUT2D eigenvalue weighted by molar-refractivity contribution is 7.13. The van der Waals surface area contributed by atoms with Gasteiger partial charge in [0.2, 0.25) is 0 Å². The van der Waals surface area contributed by atoms with E-state index in [-0.39, 0.29) is 6.03 Å². The zero-order chi connectivity index (χ0) is 16.6. The summed E-state index contributed by atoms with van der Waals surface area (Å²) >= 11 is 1.66. The zero-order valence-electron chi connectivity index (χ0n) is 13.2. The van der Waals surface area contributed by atoms with Crippen LogP contribution in [0.5, 0.6) is 0 Å². The Balaban J connectivity index is 1.45. The predicted molar refractivity (Wildman–Crippen MR) is 97.9 cm³/mol. The van der Waals surface area contributed by atoms with Crippen molar-refractivity contribution in [3.63, 3.8) is 0 Å². The molecule has 2 amide bonds. The summed E-state index contributed by atoms with van der Waals surface area (Å²) in [6.07, 6.45) is 2.60. The molecule has 122 valence electrons. The number of amides is 2. The van der Waals surface area contributed by atoms with Gasteiger partial charge in [0.05, 0.1) is 10.6 Å². The minimum Gasteiger partial charge on any atom is -0.338 e. The largest absolute Gasteiger partial charge is 0.338 e. The average Bonchev–Trinajstić information content (AvgIpc) is 3.16. The normalized spacial score (nSPS) is 10.3. The van der Waals surface area contributed by atoms with Gasteiger partial charge in [0.25, 0.3) is 0 Å². The number of rotatable bonds is 6. The molecule has 3 aromatic rings. The number of hydrogen-bond donors (Lipinski definition) is 2. The molecular formula is C19H19N3OS. The molecule has 5 heteroatoms. The van der Waals surface area contributed by atoms with Gasteiger partial charge in [-0.25, -0.2) is 4.79 Å². The molecule has 24 heavy (non-hydrogen) atoms. The summed E-state index contributed by atoms with van der Waals surface area (Å²) in [5, 5.41) is 7.79. The number of carbonyl (C=O) groups is 1. The zero-order valence-corrected chi connectivity index (χ0v) is 14.1. The Morgan fingerprint density at radius 2 is 1.88 bits per heavy atom. The third-order valence-electron chi connectivity index (χ3n) is 3.59. The number of aromatic nitrogens is 1. The van der Waals surface area contributed by atoms with Crippen LogP contribution in [-0.2, 0) is 13.0 Å². The summed E-state index contributed by atoms with van der Waals surface area (Å²) in [7, 11) is 0. The molecule has 0 spiro atoms. The van der Waals surface area contributed by atoms with E-state index in [1.165, 1.54) is 5.56 Å². The van der Waals surface area contributed by atoms with E-state index in [2.05, 4.69) is 27.8 Å². The number of thiophene rings is 1. The maximum atomic E-state index is 11.9. The van der Waals surface area contributed by atoms with E-state index < -0.39 is 0 Å². The average molecular weight is 337 g/mol. The molecule has 4 nitrogen and oxygen atoms in total. The van der Waals surface area contributed by atoms with Gasteiger partial charge in [-0.15, -0.1) is 11.3 Å². The van der Waals surface area contributed by atoms with Gasteiger partial charge in [-0.3, -0.25) is 4.98 Å². The Hall–Kier alpha value is -2.66. The number of nitrogens with zero attached hydrogens (tertiary/aromatic N) is 1. The summed E-state index contributed by atoms with van der Waals surface area (Å²) in [4.78, 5) is 17.4. The van der Waals surface area contributed by atoms with Crippen molar-refractivity contribution in [2.75, 3.05) is 6.54 Å². The highest BCUT2D eigenvalue weighted by atomic mass is 32.1. The Morgan fingerprint density at radius 1 is 1.00 bits per heavy atom. The first-order valence-electron chi connectivity index (χ1n) is 7.86. The fourth-order valence-electron chi connectivity index (χ4n) is 2.35. The van der Waals surface area contributed by atoms with Gasteiger partial charge in [0.15, 0.2) is 0 Å². The van der Waals surface area contributed by atoms with E-state index in [1.54, 1.807) is 17.5 Å². The molecule has 2 N–H and O–H groups in total. The van der Waals surface area contributed by atoms with Gasteiger partial charge < -0.3 is 10.6 Å². The van der Waals surface area contributed by atoms with Crippen LogP contribution in [0.25, 0.3) is 10.6 Å². The fourth-order valence-corrected chi connectivity index (χ4v) is 3.05. The molecular weight excluding hydrogens is 318 g/mol. The molecule has 0 unspecified atom stereocenters. The Bertz CT molecular complexity index is 772. The molecule has 0 bridgehead atoms. The molecule has 1 aromatic carbocycles. The van der Waals surface area contributed by atoms with Crippen LogP contribution in [0.3, 0.4) is 0 Å². The topological polar surface area (TPSA) is 54.0 Å². The maximum absolute atomic E-state index is 11.9. The van der Waals surface area contributed by atoms with Crippen LogP contribution in [0, 0.1) is 0 Å². The number of pyridine rings is 1. The van der Waals surface area contributed by atoms with Gasteiger partial charge in [0.1, 0.15) is 0 Å². The summed E-state index contributed by atoms with van der Waals surface area (Å²) in [6, 6.07) is 17.9. The van der Waals surface area contributed by atoms with Crippen molar-refractivity contribution in [2.45, 2.75) is 13.0 Å². The number of nitrogens with one attached hydrogen (secondary N) is 2. The Kier molecular flexibility index (Phi) is 5.58. The minimum atomic E-state index is -0.152. The fraction of sp³-hybridized carbons (Fsp3) is 0.158. The third kappa shape index (κ3) is 4.67. The van der Waals surface area contributed by atoms with E-state index in [1.807, 2.05) is 47.8 Å². The van der Waals surface area contributed by atoms with Gasteiger partial charge in [-0.1, -0.05) is 36.4 Å². The van der Waals surface area contributed by atoms with Crippen LogP contribution >= 0.6 is 11.3 Å². The second-order valence-electron chi connectivity index (χ2n) is 5.37. The second kappa shape index (κ2) is 8.26. The van der Waals surface area contributed by atoms with Crippen LogP contribution < -0.4 is 10.6 Å². The lowest BCUT2D eigenvalue weighted by Gasteiger charge is -2.08. The second-order valence-corrected chi connectivity index (χ2v) is 6.32. The lowest BCUT2D eigenvalue weighted by Crippen LogP contribution is -2.36. The van der Waals surface area contributed by atoms with Crippen LogP contribution in [0.15, 0.2) is 66.2 Å². The molecule has 0 radical (unpaired) electrons. The predicted octanol–water partition coefficient (Wildman–Crippen LogP) is 3.85. The third-order valence-corrected chi connectivity index (χ3v) is 4.49. The van der Waals surface area contributed by atoms with E-state index in [4.69, 9.17) is 0 Å². The lowest BCUT2D eigenvalue weighted by molar-refractivity contribution is 0.240. The monoisotopic (exact) mass is 337 g/mol. The van der Waals surface area contributed by atoms with Gasteiger partial charge >= 0.3 is 6.03 Å². The Labute approximate surface area is 145 Å². The van der Waals surface area contributed by atoms with Crippen molar-refractivity contribution in [3.8, 4) is 10.6 Å². The van der Waals surface area contributed by atoms with E-state index >= 15 is 0 Å². The molecule has 0 fully saturated rings. The van der Waals surface area contributed by atoms with Crippen LogP contribution in [0.2, 0.25) is 0 Å². The Morgan fingerprint density at radius 3 is 2.67 bits per heavy atom. The van der Waals surface area contributed by atoms with Gasteiger partial charge in [-0.2, -0.15) is 0 Å². The highest BCUT2D eigenvalue weighted by Crippen LogP contribution is 2.22. The number of benzene rings is 1. The summed E-state index contributed by atoms with van der Waals surface area (Å²) in [5.74, 6) is 0. The van der Waals surface area contributed by atoms with Crippen LogP contribution in [0.4, 0.5) is 4.79 Å². The number of hydrogen-bond acceptors (Lipinski definition) is 3. The molecule has 0 saturated heterocycles. The van der Waals surface area contributed by atoms with Crippen molar-refractivity contribution in [3.05, 3.63) is 77.3 Å². The van der Waals surface area contributed by atoms with E-state index in [0.29, 0.717) is 13.1 Å². The summed E-state index contributed by atoms with van der Waals surface area (Å²) < 4.78 is 0. The summed E-state index contributed by atoms with van der Waals surface area (Å²) in [6.45, 7) is 1.10. The highest BCUT2D eigenvalue weighted by Gasteiger charge is 2.04. The summed E-state index contributed by atoms with van der Waals surface area (Å²) in [5.41, 5.74) is 3.19. The van der Waals surface area contributed by atoms with Crippen molar-refractivity contribution in [2.24, 2.45) is 0 Å². The SMILES string of the molecule is O=C(NCCc1ccccc1)NCc1ccnc(-c2cccs2)c1. The molecule has 0 aliphatic heterocycles. The number of carbonyl (C=O) groups excluding carboxylic acids is 1. The molecule has 2 aromatic heterocycles. The molecule has 3 rings (SSSR count). The quantitative estimate of drug-likeness (QED) is 0.718. The lowest BCUT2D eigenvalue weighted by atomic mass is 10.1. The van der Waals surface area contributed by atoms with Crippen molar-refractivity contribution in [1.82, 2.24) is 15.6 Å². The molecule has 2 heterocycles. The standard InChI is InChI=1S/C19H19N3OS/c23-19(21-11-8-15-5-2-1-3-6-15)22-14-16-9-10-20-17(13-16)18-7-4-12-24-18/h1-7,9-10,12-13H,8,11,14H2,(H2,21,22,23). The van der Waals surface area contributed by atoms with E-state index in [0.717, 1.165) is 22.6 Å². The van der Waals surface area contributed by atoms with Crippen molar-refractivity contribution < 1.29 is 4.79 Å². The minimum absolute atomic E-state index is 0.152.